The van der Waals surface area contributed by atoms with E-state index in [0.717, 1.165) is 6.42 Å². The molecule has 0 aromatic heterocycles. The average Bonchev–Trinajstić information content (AvgIpc) is 2.50. The number of carbonyl (C=O) groups is 1. The molecule has 2 aromatic rings. The molecule has 2 aromatic carbocycles. The molecule has 0 bridgehead atoms. The van der Waals surface area contributed by atoms with Gasteiger partial charge in [0.1, 0.15) is 6.07 Å². The number of hydrogen-bond acceptors (Lipinski definition) is 2. The van der Waals surface area contributed by atoms with Gasteiger partial charge in [-0.15, -0.1) is 0 Å². The fourth-order valence-electron chi connectivity index (χ4n) is 1.93. The number of hydrogen-bond donors (Lipinski definition) is 2. The first kappa shape index (κ1) is 14.6. The Hall–Kier alpha value is -2.80. The summed E-state index contributed by atoms with van der Waals surface area (Å²) in [4.78, 5) is 11.8. The molecule has 0 aliphatic heterocycles. The lowest BCUT2D eigenvalue weighted by Gasteiger charge is -2.09. The van der Waals surface area contributed by atoms with Gasteiger partial charge in [-0.2, -0.15) is 5.26 Å². The fourth-order valence-corrected chi connectivity index (χ4v) is 1.93. The second-order valence-corrected chi connectivity index (χ2v) is 4.77. The Morgan fingerprint density at radius 3 is 2.57 bits per heavy atom. The van der Waals surface area contributed by atoms with Gasteiger partial charge in [-0.1, -0.05) is 42.0 Å². The highest BCUT2D eigenvalue weighted by molar-refractivity contribution is 5.90. The molecule has 0 fully saturated rings. The number of anilines is 1. The van der Waals surface area contributed by atoms with E-state index in [9.17, 15) is 4.79 Å². The van der Waals surface area contributed by atoms with E-state index >= 15 is 0 Å². The number of carbonyl (C=O) groups excluding carboxylic acids is 1. The molecule has 0 atom stereocenters. The Labute approximate surface area is 124 Å². The van der Waals surface area contributed by atoms with Gasteiger partial charge in [0.2, 0.25) is 0 Å². The highest BCUT2D eigenvalue weighted by Gasteiger charge is 2.05. The van der Waals surface area contributed by atoms with Gasteiger partial charge in [0.05, 0.1) is 11.3 Å². The summed E-state index contributed by atoms with van der Waals surface area (Å²) in [6.45, 7) is 2.59. The van der Waals surface area contributed by atoms with E-state index in [1.54, 1.807) is 24.3 Å². The summed E-state index contributed by atoms with van der Waals surface area (Å²) >= 11 is 0. The lowest BCUT2D eigenvalue weighted by Crippen LogP contribution is -2.30. The molecule has 0 unspecified atom stereocenters. The molecule has 0 radical (unpaired) electrons. The van der Waals surface area contributed by atoms with Crippen molar-refractivity contribution in [1.29, 1.82) is 5.26 Å². The molecule has 21 heavy (non-hydrogen) atoms. The number of nitrogens with zero attached hydrogens (tertiary/aromatic N) is 1. The maximum atomic E-state index is 11.8. The minimum absolute atomic E-state index is 0.301. The minimum atomic E-state index is -0.301. The molecule has 0 heterocycles. The Kier molecular flexibility index (Phi) is 4.94. The molecule has 0 spiro atoms. The number of benzene rings is 2. The Balaban J connectivity index is 1.82. The van der Waals surface area contributed by atoms with Gasteiger partial charge < -0.3 is 10.6 Å². The molecule has 2 N–H and O–H groups in total. The number of nitriles is 1. The molecule has 106 valence electrons. The quantitative estimate of drug-likeness (QED) is 0.902. The summed E-state index contributed by atoms with van der Waals surface area (Å²) in [7, 11) is 0. The number of urea groups is 1. The summed E-state index contributed by atoms with van der Waals surface area (Å²) in [5.41, 5.74) is 3.37. The first-order valence-corrected chi connectivity index (χ1v) is 6.78. The van der Waals surface area contributed by atoms with Crippen LogP contribution < -0.4 is 10.6 Å². The molecule has 2 rings (SSSR count). The number of rotatable bonds is 4. The second kappa shape index (κ2) is 7.11. The maximum Gasteiger partial charge on any atom is 0.319 e. The SMILES string of the molecule is Cc1ccc(CCNC(=O)Nc2ccccc2C#N)cc1. The van der Waals surface area contributed by atoms with Gasteiger partial charge in [0, 0.05) is 6.54 Å². The highest BCUT2D eigenvalue weighted by atomic mass is 16.2. The van der Waals surface area contributed by atoms with Gasteiger partial charge in [-0.3, -0.25) is 0 Å². The van der Waals surface area contributed by atoms with E-state index in [2.05, 4.69) is 34.9 Å². The number of nitrogens with one attached hydrogen (secondary N) is 2. The molecule has 0 aliphatic carbocycles. The van der Waals surface area contributed by atoms with Crippen molar-refractivity contribution in [2.45, 2.75) is 13.3 Å². The van der Waals surface area contributed by atoms with E-state index < -0.39 is 0 Å². The largest absolute Gasteiger partial charge is 0.338 e. The highest BCUT2D eigenvalue weighted by Crippen LogP contribution is 2.13. The summed E-state index contributed by atoms with van der Waals surface area (Å²) in [5, 5.41) is 14.4. The first-order valence-electron chi connectivity index (χ1n) is 6.78. The van der Waals surface area contributed by atoms with Gasteiger partial charge in [-0.05, 0) is 31.0 Å². The number of para-hydroxylation sites is 1. The lowest BCUT2D eigenvalue weighted by molar-refractivity contribution is 0.252. The Morgan fingerprint density at radius 1 is 1.14 bits per heavy atom. The van der Waals surface area contributed by atoms with E-state index in [4.69, 9.17) is 5.26 Å². The van der Waals surface area contributed by atoms with Crippen LogP contribution in [0.1, 0.15) is 16.7 Å². The maximum absolute atomic E-state index is 11.8. The third-order valence-electron chi connectivity index (χ3n) is 3.12. The van der Waals surface area contributed by atoms with Crippen molar-refractivity contribution >= 4 is 11.7 Å². The van der Waals surface area contributed by atoms with Crippen LogP contribution in [0.2, 0.25) is 0 Å². The molecular weight excluding hydrogens is 262 g/mol. The predicted octanol–water partition coefficient (Wildman–Crippen LogP) is 3.23. The molecule has 0 saturated carbocycles. The Bertz CT molecular complexity index is 656. The van der Waals surface area contributed by atoms with E-state index in [0.29, 0.717) is 17.8 Å². The van der Waals surface area contributed by atoms with Crippen LogP contribution in [0.15, 0.2) is 48.5 Å². The van der Waals surface area contributed by atoms with Crippen LogP contribution in [0.25, 0.3) is 0 Å². The van der Waals surface area contributed by atoms with Crippen LogP contribution in [-0.4, -0.2) is 12.6 Å². The smallest absolute Gasteiger partial charge is 0.319 e. The van der Waals surface area contributed by atoms with E-state index in [-0.39, 0.29) is 6.03 Å². The molecule has 0 saturated heterocycles. The monoisotopic (exact) mass is 279 g/mol. The normalized spacial score (nSPS) is 9.71. The van der Waals surface area contributed by atoms with Crippen LogP contribution >= 0.6 is 0 Å². The van der Waals surface area contributed by atoms with Crippen molar-refractivity contribution in [3.8, 4) is 6.07 Å². The zero-order chi connectivity index (χ0) is 15.1. The van der Waals surface area contributed by atoms with Gasteiger partial charge in [0.25, 0.3) is 0 Å². The standard InChI is InChI=1S/C17H17N3O/c1-13-6-8-14(9-7-13)10-11-19-17(21)20-16-5-3-2-4-15(16)12-18/h2-9H,10-11H2,1H3,(H2,19,20,21). The summed E-state index contributed by atoms with van der Waals surface area (Å²) in [6, 6.07) is 16.9. The minimum Gasteiger partial charge on any atom is -0.338 e. The average molecular weight is 279 g/mol. The lowest BCUT2D eigenvalue weighted by atomic mass is 10.1. The summed E-state index contributed by atoms with van der Waals surface area (Å²) in [5.74, 6) is 0. The van der Waals surface area contributed by atoms with E-state index in [1.165, 1.54) is 11.1 Å². The number of amides is 2. The van der Waals surface area contributed by atoms with Crippen LogP contribution in [0.5, 0.6) is 0 Å². The zero-order valence-electron chi connectivity index (χ0n) is 11.9. The van der Waals surface area contributed by atoms with Crippen LogP contribution in [-0.2, 0) is 6.42 Å². The van der Waals surface area contributed by atoms with Crippen LogP contribution in [0.3, 0.4) is 0 Å². The fraction of sp³-hybridized carbons (Fsp3) is 0.176. The molecule has 4 heteroatoms. The van der Waals surface area contributed by atoms with Crippen molar-refractivity contribution < 1.29 is 4.79 Å². The van der Waals surface area contributed by atoms with Gasteiger partial charge >= 0.3 is 6.03 Å². The first-order chi connectivity index (χ1) is 10.2. The van der Waals surface area contributed by atoms with Crippen molar-refractivity contribution in [1.82, 2.24) is 5.32 Å². The third-order valence-corrected chi connectivity index (χ3v) is 3.12. The van der Waals surface area contributed by atoms with Crippen LogP contribution in [0, 0.1) is 18.3 Å². The van der Waals surface area contributed by atoms with E-state index in [1.807, 2.05) is 13.0 Å². The van der Waals surface area contributed by atoms with Gasteiger partial charge in [0.15, 0.2) is 0 Å². The predicted molar refractivity (Wildman–Crippen MR) is 83.1 cm³/mol. The van der Waals surface area contributed by atoms with Crippen molar-refractivity contribution in [2.24, 2.45) is 0 Å². The van der Waals surface area contributed by atoms with Crippen molar-refractivity contribution in [3.63, 3.8) is 0 Å². The van der Waals surface area contributed by atoms with Crippen molar-refractivity contribution in [3.05, 3.63) is 65.2 Å². The molecule has 4 nitrogen and oxygen atoms in total. The Morgan fingerprint density at radius 2 is 1.86 bits per heavy atom. The third kappa shape index (κ3) is 4.36. The molecular formula is C17H17N3O. The number of aryl methyl sites for hydroxylation is 1. The molecule has 0 aliphatic rings. The topological polar surface area (TPSA) is 64.9 Å². The second-order valence-electron chi connectivity index (χ2n) is 4.77. The summed E-state index contributed by atoms with van der Waals surface area (Å²) < 4.78 is 0. The summed E-state index contributed by atoms with van der Waals surface area (Å²) in [6.07, 6.45) is 0.771. The van der Waals surface area contributed by atoms with Gasteiger partial charge in [-0.25, -0.2) is 4.79 Å². The zero-order valence-corrected chi connectivity index (χ0v) is 11.9. The molecule has 2 amide bonds. The van der Waals surface area contributed by atoms with Crippen LogP contribution in [0.4, 0.5) is 10.5 Å². The van der Waals surface area contributed by atoms with Crippen molar-refractivity contribution in [2.75, 3.05) is 11.9 Å².